The van der Waals surface area contributed by atoms with E-state index in [-0.39, 0.29) is 11.8 Å². The summed E-state index contributed by atoms with van der Waals surface area (Å²) in [5.41, 5.74) is 2.12. The Labute approximate surface area is 180 Å². The number of hydrogen-bond donors (Lipinski definition) is 1. The predicted octanol–water partition coefficient (Wildman–Crippen LogP) is 3.69. The topological polar surface area (TPSA) is 69.3 Å². The molecule has 3 heterocycles. The Morgan fingerprint density at radius 1 is 1.20 bits per heavy atom. The molecule has 0 bridgehead atoms. The second kappa shape index (κ2) is 8.44. The summed E-state index contributed by atoms with van der Waals surface area (Å²) in [6.45, 7) is 1.05. The third-order valence-corrected chi connectivity index (χ3v) is 6.69. The van der Waals surface area contributed by atoms with Gasteiger partial charge in [0.05, 0.1) is 5.41 Å². The number of rotatable bonds is 5. The number of nitrogens with zero attached hydrogens (tertiary/aromatic N) is 3. The summed E-state index contributed by atoms with van der Waals surface area (Å²) >= 11 is 1.70. The first-order valence-corrected chi connectivity index (χ1v) is 11.0. The number of carbonyl (C=O) groups is 2. The molecule has 1 N–H and O–H groups in total. The first kappa shape index (κ1) is 20.3. The van der Waals surface area contributed by atoms with Crippen molar-refractivity contribution in [2.24, 2.45) is 5.41 Å². The van der Waals surface area contributed by atoms with Gasteiger partial charge in [-0.05, 0) is 47.9 Å². The Morgan fingerprint density at radius 2 is 2.03 bits per heavy atom. The van der Waals surface area contributed by atoms with Crippen molar-refractivity contribution in [3.8, 4) is 10.4 Å². The normalized spacial score (nSPS) is 18.9. The van der Waals surface area contributed by atoms with Crippen molar-refractivity contribution in [3.63, 3.8) is 0 Å². The highest BCUT2D eigenvalue weighted by atomic mass is 32.1. The number of benzene rings is 1. The van der Waals surface area contributed by atoms with E-state index in [0.717, 1.165) is 24.0 Å². The largest absolute Gasteiger partial charge is 0.348 e. The van der Waals surface area contributed by atoms with Gasteiger partial charge >= 0.3 is 0 Å². The predicted molar refractivity (Wildman–Crippen MR) is 118 cm³/mol. The van der Waals surface area contributed by atoms with Gasteiger partial charge in [0.1, 0.15) is 5.69 Å². The average Bonchev–Trinajstić information content (AvgIpc) is 3.47. The van der Waals surface area contributed by atoms with Crippen molar-refractivity contribution in [1.82, 2.24) is 20.0 Å². The minimum absolute atomic E-state index is 0.0746. The second-order valence-corrected chi connectivity index (χ2v) is 9.04. The Kier molecular flexibility index (Phi) is 5.72. The van der Waals surface area contributed by atoms with Crippen molar-refractivity contribution in [2.75, 3.05) is 27.2 Å². The Bertz CT molecular complexity index is 1010. The Morgan fingerprint density at radius 3 is 2.73 bits per heavy atom. The van der Waals surface area contributed by atoms with Gasteiger partial charge in [-0.15, -0.1) is 11.3 Å². The van der Waals surface area contributed by atoms with E-state index in [4.69, 9.17) is 0 Å². The second-order valence-electron chi connectivity index (χ2n) is 8.09. The number of aromatic amines is 1. The maximum atomic E-state index is 13.4. The lowest BCUT2D eigenvalue weighted by molar-refractivity contribution is -0.142. The highest BCUT2D eigenvalue weighted by Gasteiger charge is 2.45. The van der Waals surface area contributed by atoms with E-state index < -0.39 is 5.41 Å². The average molecular weight is 423 g/mol. The van der Waals surface area contributed by atoms with E-state index in [2.05, 4.69) is 33.8 Å². The van der Waals surface area contributed by atoms with Gasteiger partial charge in [-0.25, -0.2) is 0 Å². The highest BCUT2D eigenvalue weighted by molar-refractivity contribution is 7.13. The minimum Gasteiger partial charge on any atom is -0.348 e. The van der Waals surface area contributed by atoms with Crippen LogP contribution in [0.15, 0.2) is 54.0 Å². The van der Waals surface area contributed by atoms with Gasteiger partial charge in [0.25, 0.3) is 5.91 Å². The molecule has 156 valence electrons. The molecule has 0 saturated carbocycles. The van der Waals surface area contributed by atoms with E-state index in [9.17, 15) is 9.59 Å². The number of likely N-dealkylation sites (tertiary alicyclic amines) is 1. The molecule has 7 heteroatoms. The molecule has 1 aliphatic heterocycles. The number of carbonyl (C=O) groups excluding carboxylic acids is 2. The third-order valence-electron chi connectivity index (χ3n) is 5.79. The molecule has 4 rings (SSSR count). The zero-order chi connectivity index (χ0) is 21.1. The minimum atomic E-state index is -0.648. The molecule has 1 fully saturated rings. The van der Waals surface area contributed by atoms with Crippen LogP contribution in [0.3, 0.4) is 0 Å². The summed E-state index contributed by atoms with van der Waals surface area (Å²) in [7, 11) is 3.59. The molecule has 0 aliphatic carbocycles. The first-order chi connectivity index (χ1) is 14.5. The van der Waals surface area contributed by atoms with Crippen LogP contribution in [0.1, 0.15) is 28.9 Å². The lowest BCUT2D eigenvalue weighted by Gasteiger charge is -2.43. The monoisotopic (exact) mass is 422 g/mol. The summed E-state index contributed by atoms with van der Waals surface area (Å²) in [5, 5.41) is 8.72. The summed E-state index contributed by atoms with van der Waals surface area (Å²) in [5.74, 6) is -0.0275. The summed E-state index contributed by atoms with van der Waals surface area (Å²) in [4.78, 5) is 31.1. The summed E-state index contributed by atoms with van der Waals surface area (Å²) in [6.07, 6.45) is 3.73. The van der Waals surface area contributed by atoms with Crippen LogP contribution in [0.4, 0.5) is 0 Å². The van der Waals surface area contributed by atoms with E-state index in [1.54, 1.807) is 47.5 Å². The molecular weight excluding hydrogens is 396 g/mol. The molecule has 0 unspecified atom stereocenters. The highest BCUT2D eigenvalue weighted by Crippen LogP contribution is 2.39. The molecule has 2 aromatic heterocycles. The van der Waals surface area contributed by atoms with Crippen molar-refractivity contribution < 1.29 is 9.59 Å². The quantitative estimate of drug-likeness (QED) is 0.682. The first-order valence-electron chi connectivity index (χ1n) is 10.1. The van der Waals surface area contributed by atoms with Crippen LogP contribution in [0.25, 0.3) is 10.4 Å². The molecular formula is C23H26N4O2S. The van der Waals surface area contributed by atoms with Crippen molar-refractivity contribution >= 4 is 23.2 Å². The standard InChI is InChI=1S/C23H26N4O2S/c1-26(2)22(29)23(11-6-13-27(16-23)21(28)19-10-12-24-25-19)15-17-7-3-4-8-18(17)20-9-5-14-30-20/h3-5,7-10,12,14H,6,11,13,15-16H2,1-2H3,(H,24,25)/t23-/m0/s1. The van der Waals surface area contributed by atoms with Crippen LogP contribution in [-0.4, -0.2) is 59.0 Å². The Hall–Kier alpha value is -2.93. The fraction of sp³-hybridized carbons (Fsp3) is 0.348. The number of amides is 2. The molecule has 2 amide bonds. The molecule has 1 aromatic carbocycles. The smallest absolute Gasteiger partial charge is 0.271 e. The summed E-state index contributed by atoms with van der Waals surface area (Å²) in [6, 6.07) is 14.1. The molecule has 6 nitrogen and oxygen atoms in total. The van der Waals surface area contributed by atoms with Crippen LogP contribution in [-0.2, 0) is 11.2 Å². The van der Waals surface area contributed by atoms with Crippen LogP contribution in [0, 0.1) is 5.41 Å². The van der Waals surface area contributed by atoms with Gasteiger partial charge < -0.3 is 9.80 Å². The lowest BCUT2D eigenvalue weighted by Crippen LogP contribution is -2.54. The van der Waals surface area contributed by atoms with Crippen molar-refractivity contribution in [2.45, 2.75) is 19.3 Å². The maximum absolute atomic E-state index is 13.4. The van der Waals surface area contributed by atoms with Gasteiger partial charge in [0.15, 0.2) is 0 Å². The number of H-pyrrole nitrogens is 1. The van der Waals surface area contributed by atoms with Crippen LogP contribution in [0.2, 0.25) is 0 Å². The number of thiophene rings is 1. The van der Waals surface area contributed by atoms with Gasteiger partial charge in [-0.2, -0.15) is 5.10 Å². The molecule has 30 heavy (non-hydrogen) atoms. The molecule has 3 aromatic rings. The van der Waals surface area contributed by atoms with Gasteiger partial charge in [-0.3, -0.25) is 14.7 Å². The summed E-state index contributed by atoms with van der Waals surface area (Å²) < 4.78 is 0. The number of nitrogens with one attached hydrogen (secondary N) is 1. The number of piperidine rings is 1. The van der Waals surface area contributed by atoms with Gasteiger partial charge in [0, 0.05) is 38.3 Å². The molecule has 1 atom stereocenters. The van der Waals surface area contributed by atoms with E-state index in [1.807, 2.05) is 18.2 Å². The number of hydrogen-bond acceptors (Lipinski definition) is 4. The van der Waals surface area contributed by atoms with E-state index >= 15 is 0 Å². The molecule has 1 aliphatic rings. The molecule has 0 radical (unpaired) electrons. The fourth-order valence-corrected chi connectivity index (χ4v) is 5.22. The number of aromatic nitrogens is 2. The van der Waals surface area contributed by atoms with Crippen molar-refractivity contribution in [1.29, 1.82) is 0 Å². The van der Waals surface area contributed by atoms with Crippen LogP contribution >= 0.6 is 11.3 Å². The van der Waals surface area contributed by atoms with Gasteiger partial charge in [0.2, 0.25) is 5.91 Å². The third kappa shape index (κ3) is 3.89. The lowest BCUT2D eigenvalue weighted by atomic mass is 9.73. The zero-order valence-corrected chi connectivity index (χ0v) is 18.1. The molecule has 0 spiro atoms. The van der Waals surface area contributed by atoms with E-state index in [0.29, 0.717) is 25.2 Å². The van der Waals surface area contributed by atoms with Gasteiger partial charge in [-0.1, -0.05) is 30.3 Å². The molecule has 1 saturated heterocycles. The Balaban J connectivity index is 1.69. The maximum Gasteiger partial charge on any atom is 0.271 e. The SMILES string of the molecule is CN(C)C(=O)[C@]1(Cc2ccccc2-c2cccs2)CCCN(C(=O)c2ccn[nH]2)C1. The van der Waals surface area contributed by atoms with Crippen LogP contribution < -0.4 is 0 Å². The zero-order valence-electron chi connectivity index (χ0n) is 17.3. The van der Waals surface area contributed by atoms with Crippen molar-refractivity contribution in [3.05, 3.63) is 65.3 Å². The fourth-order valence-electron chi connectivity index (χ4n) is 4.43. The van der Waals surface area contributed by atoms with E-state index in [1.165, 1.54) is 4.88 Å². The van der Waals surface area contributed by atoms with Crippen LogP contribution in [0.5, 0.6) is 0 Å².